The Hall–Kier alpha value is -3.33. The van der Waals surface area contributed by atoms with Gasteiger partial charge in [0.15, 0.2) is 0 Å². The molecule has 0 aromatic heterocycles. The van der Waals surface area contributed by atoms with Gasteiger partial charge in [0.25, 0.3) is 0 Å². The molecule has 3 saturated heterocycles. The fraction of sp³-hybridized carbons (Fsp3) is 0.364. The molecule has 42 heavy (non-hydrogen) atoms. The van der Waals surface area contributed by atoms with Crippen molar-refractivity contribution >= 4 is 46.8 Å². The molecule has 3 N–H and O–H groups in total. The van der Waals surface area contributed by atoms with Gasteiger partial charge < -0.3 is 20.6 Å². The van der Waals surface area contributed by atoms with Crippen molar-refractivity contribution in [2.24, 2.45) is 17.8 Å². The molecule has 3 aliphatic heterocycles. The smallest absolute Gasteiger partial charge is 0.248 e. The van der Waals surface area contributed by atoms with Crippen LogP contribution in [-0.4, -0.2) is 56.4 Å². The Balaban J connectivity index is 1.36. The molecule has 3 fully saturated rings. The summed E-state index contributed by atoms with van der Waals surface area (Å²) in [6.45, 7) is 2.15. The topological polar surface area (TPSA) is 98.7 Å². The van der Waals surface area contributed by atoms with E-state index in [0.717, 1.165) is 17.5 Å². The van der Waals surface area contributed by atoms with E-state index in [1.807, 2.05) is 60.7 Å². The lowest BCUT2D eigenvalue weighted by molar-refractivity contribution is -0.142. The van der Waals surface area contributed by atoms with E-state index in [1.165, 1.54) is 0 Å². The van der Waals surface area contributed by atoms with Gasteiger partial charge in [-0.15, -0.1) is 11.8 Å². The summed E-state index contributed by atoms with van der Waals surface area (Å²) in [7, 11) is 0. The molecule has 7 nitrogen and oxygen atoms in total. The molecular formula is C33H34ClN3O4S. The lowest BCUT2D eigenvalue weighted by Crippen LogP contribution is -2.57. The molecule has 3 unspecified atom stereocenters. The largest absolute Gasteiger partial charge is 0.394 e. The van der Waals surface area contributed by atoms with Crippen LogP contribution in [0.2, 0.25) is 5.02 Å². The zero-order valence-electron chi connectivity index (χ0n) is 23.3. The average Bonchev–Trinajstić information content (AvgIpc) is 3.60. The molecule has 3 aromatic rings. The minimum absolute atomic E-state index is 0.0154. The highest BCUT2D eigenvalue weighted by molar-refractivity contribution is 8.02. The van der Waals surface area contributed by atoms with Gasteiger partial charge in [0.1, 0.15) is 6.04 Å². The zero-order chi connectivity index (χ0) is 29.4. The van der Waals surface area contributed by atoms with Crippen LogP contribution in [0.4, 0.5) is 5.69 Å². The van der Waals surface area contributed by atoms with Gasteiger partial charge >= 0.3 is 0 Å². The van der Waals surface area contributed by atoms with E-state index in [1.54, 1.807) is 40.9 Å². The minimum Gasteiger partial charge on any atom is -0.394 e. The number of fused-ring (bicyclic) bond motifs is 1. The van der Waals surface area contributed by atoms with E-state index in [2.05, 4.69) is 17.6 Å². The summed E-state index contributed by atoms with van der Waals surface area (Å²) in [4.78, 5) is 44.2. The average molecular weight is 604 g/mol. The highest BCUT2D eigenvalue weighted by Crippen LogP contribution is 2.68. The number of amides is 3. The Morgan fingerprint density at radius 2 is 1.64 bits per heavy atom. The van der Waals surface area contributed by atoms with Crippen LogP contribution in [0.5, 0.6) is 0 Å². The summed E-state index contributed by atoms with van der Waals surface area (Å²) in [6, 6.07) is 24.7. The monoisotopic (exact) mass is 603 g/mol. The molecule has 7 atom stereocenters. The van der Waals surface area contributed by atoms with Crippen LogP contribution in [-0.2, 0) is 27.3 Å². The van der Waals surface area contributed by atoms with E-state index in [0.29, 0.717) is 23.7 Å². The van der Waals surface area contributed by atoms with Crippen LogP contribution in [0, 0.1) is 17.8 Å². The molecule has 6 rings (SSSR count). The number of hydrogen-bond donors (Lipinski definition) is 3. The van der Waals surface area contributed by atoms with Gasteiger partial charge in [-0.2, -0.15) is 0 Å². The third-order valence-corrected chi connectivity index (χ3v) is 11.4. The van der Waals surface area contributed by atoms with Crippen LogP contribution in [0.25, 0.3) is 0 Å². The number of hydrogen-bond acceptors (Lipinski definition) is 5. The van der Waals surface area contributed by atoms with E-state index in [-0.39, 0.29) is 35.5 Å². The second-order valence-electron chi connectivity index (χ2n) is 11.5. The molecular weight excluding hydrogens is 570 g/mol. The molecule has 3 aliphatic rings. The highest BCUT2D eigenvalue weighted by atomic mass is 35.5. The molecule has 3 aromatic carbocycles. The van der Waals surface area contributed by atoms with Gasteiger partial charge in [-0.1, -0.05) is 79.2 Å². The predicted octanol–water partition coefficient (Wildman–Crippen LogP) is 4.54. The number of carbonyl (C=O) groups excluding carboxylic acids is 3. The van der Waals surface area contributed by atoms with Crippen molar-refractivity contribution in [3.63, 3.8) is 0 Å². The van der Waals surface area contributed by atoms with Crippen molar-refractivity contribution in [1.29, 1.82) is 0 Å². The quantitative estimate of drug-likeness (QED) is 0.334. The number of nitrogens with zero attached hydrogens (tertiary/aromatic N) is 1. The first-order valence-electron chi connectivity index (χ1n) is 14.4. The third-order valence-electron chi connectivity index (χ3n) is 9.07. The van der Waals surface area contributed by atoms with E-state index >= 15 is 0 Å². The van der Waals surface area contributed by atoms with Crippen LogP contribution in [0.1, 0.15) is 24.5 Å². The first-order valence-corrected chi connectivity index (χ1v) is 15.6. The fourth-order valence-electron chi connectivity index (χ4n) is 7.24. The number of rotatable bonds is 9. The van der Waals surface area contributed by atoms with Gasteiger partial charge in [-0.25, -0.2) is 0 Å². The molecule has 1 spiro atoms. The summed E-state index contributed by atoms with van der Waals surface area (Å²) < 4.78 is -0.795. The van der Waals surface area contributed by atoms with Crippen molar-refractivity contribution < 1.29 is 19.5 Å². The first-order chi connectivity index (χ1) is 20.3. The van der Waals surface area contributed by atoms with Gasteiger partial charge in [0, 0.05) is 22.5 Å². The summed E-state index contributed by atoms with van der Waals surface area (Å²) >= 11 is 7.69. The molecule has 0 radical (unpaired) electrons. The Morgan fingerprint density at radius 1 is 1.00 bits per heavy atom. The van der Waals surface area contributed by atoms with Crippen molar-refractivity contribution in [2.75, 3.05) is 11.9 Å². The number of nitrogens with one attached hydrogen (secondary N) is 2. The molecule has 3 amide bonds. The number of carbonyl (C=O) groups is 3. The summed E-state index contributed by atoms with van der Waals surface area (Å²) in [5.41, 5.74) is 2.51. The Morgan fingerprint density at radius 3 is 2.29 bits per heavy atom. The fourth-order valence-corrected chi connectivity index (χ4v) is 9.77. The number of anilines is 1. The van der Waals surface area contributed by atoms with Gasteiger partial charge in [0.2, 0.25) is 17.7 Å². The van der Waals surface area contributed by atoms with Gasteiger partial charge in [0.05, 0.1) is 29.2 Å². The zero-order valence-corrected chi connectivity index (χ0v) is 24.9. The Labute approximate surface area is 255 Å². The Kier molecular flexibility index (Phi) is 8.05. The van der Waals surface area contributed by atoms with Gasteiger partial charge in [-0.3, -0.25) is 14.4 Å². The van der Waals surface area contributed by atoms with E-state index < -0.39 is 28.7 Å². The molecule has 0 saturated carbocycles. The van der Waals surface area contributed by atoms with Crippen molar-refractivity contribution in [2.45, 2.75) is 48.4 Å². The second kappa shape index (κ2) is 11.7. The number of thioether (sulfide) groups is 1. The molecule has 0 aliphatic carbocycles. The van der Waals surface area contributed by atoms with Crippen molar-refractivity contribution in [3.8, 4) is 0 Å². The number of aliphatic hydroxyl groups excluding tert-OH is 1. The maximum atomic E-state index is 14.5. The molecule has 9 heteroatoms. The lowest BCUT2D eigenvalue weighted by Gasteiger charge is -2.40. The molecule has 218 valence electrons. The summed E-state index contributed by atoms with van der Waals surface area (Å²) in [6.07, 6.45) is 1.13. The lowest BCUT2D eigenvalue weighted by atomic mass is 9.66. The standard InChI is InChI=1S/C33H34ClN3O4S/c1-20-16-26-27(30(39)35-18-22-10-6-3-7-11-22)28-32(41)37(25(19-38)17-21-8-4-2-5-9-21)29(33(20,28)42-26)31(40)36-24-14-12-23(34)13-15-24/h2-15,20,25-29,38H,16-19H2,1H3,(H,35,39)(H,36,40)/t20?,25-,26-,27+,28+,29?,33?/m1/s1. The highest BCUT2D eigenvalue weighted by Gasteiger charge is 2.76. The number of aliphatic hydroxyl groups is 1. The maximum absolute atomic E-state index is 14.5. The maximum Gasteiger partial charge on any atom is 0.248 e. The van der Waals surface area contributed by atoms with Crippen LogP contribution < -0.4 is 10.6 Å². The summed E-state index contributed by atoms with van der Waals surface area (Å²) in [5, 5.41) is 17.2. The first kappa shape index (κ1) is 28.8. The van der Waals surface area contributed by atoms with Crippen molar-refractivity contribution in [3.05, 3.63) is 101 Å². The van der Waals surface area contributed by atoms with E-state index in [4.69, 9.17) is 11.6 Å². The SMILES string of the molecule is CC1C[C@H]2SC13C(C(=O)Nc1ccc(Cl)cc1)N([C@@H](CO)Cc1ccccc1)C(=O)[C@@H]3[C@H]2C(=O)NCc1ccccc1. The molecule has 3 heterocycles. The number of likely N-dealkylation sites (tertiary alicyclic amines) is 1. The van der Waals surface area contributed by atoms with Crippen LogP contribution in [0.15, 0.2) is 84.9 Å². The Bertz CT molecular complexity index is 1460. The van der Waals surface area contributed by atoms with Crippen molar-refractivity contribution in [1.82, 2.24) is 10.2 Å². The predicted molar refractivity (Wildman–Crippen MR) is 165 cm³/mol. The minimum atomic E-state index is -0.858. The van der Waals surface area contributed by atoms with Crippen LogP contribution in [0.3, 0.4) is 0 Å². The van der Waals surface area contributed by atoms with E-state index in [9.17, 15) is 19.5 Å². The molecule has 2 bridgehead atoms. The van der Waals surface area contributed by atoms with Crippen LogP contribution >= 0.6 is 23.4 Å². The van der Waals surface area contributed by atoms with Gasteiger partial charge in [-0.05, 0) is 54.2 Å². The summed E-state index contributed by atoms with van der Waals surface area (Å²) in [5.74, 6) is -1.92. The third kappa shape index (κ3) is 4.99. The number of benzene rings is 3. The second-order valence-corrected chi connectivity index (χ2v) is 13.5. The number of halogens is 1. The normalized spacial score (nSPS) is 28.4.